The van der Waals surface area contributed by atoms with Crippen LogP contribution in [0.2, 0.25) is 0 Å². The number of halogens is 2. The van der Waals surface area contributed by atoms with Crippen LogP contribution in [0, 0.1) is 11.6 Å². The van der Waals surface area contributed by atoms with E-state index in [1.54, 1.807) is 12.1 Å². The highest BCUT2D eigenvalue weighted by Crippen LogP contribution is 2.24. The lowest BCUT2D eigenvalue weighted by atomic mass is 10.1. The number of aromatic nitrogens is 2. The van der Waals surface area contributed by atoms with Crippen molar-refractivity contribution in [1.82, 2.24) is 15.3 Å². The number of anilines is 2. The number of benzene rings is 2. The molecule has 1 aromatic heterocycles. The number of hydrogen-bond donors (Lipinski definition) is 2. The summed E-state index contributed by atoms with van der Waals surface area (Å²) >= 11 is 0. The summed E-state index contributed by atoms with van der Waals surface area (Å²) in [5, 5.41) is 5.45. The maximum atomic E-state index is 14.0. The van der Waals surface area contributed by atoms with Crippen molar-refractivity contribution >= 4 is 17.4 Å². The van der Waals surface area contributed by atoms with E-state index in [1.807, 2.05) is 39.0 Å². The zero-order chi connectivity index (χ0) is 20.3. The Kier molecular flexibility index (Phi) is 5.35. The molecule has 144 valence electrons. The summed E-state index contributed by atoms with van der Waals surface area (Å²) in [5.74, 6) is -1.57. The molecule has 1 heterocycles. The fourth-order valence-electron chi connectivity index (χ4n) is 2.49. The lowest BCUT2D eigenvalue weighted by Crippen LogP contribution is -2.41. The second kappa shape index (κ2) is 7.72. The van der Waals surface area contributed by atoms with Gasteiger partial charge < -0.3 is 10.6 Å². The fraction of sp³-hybridized carbons (Fsp3) is 0.190. The Morgan fingerprint density at radius 3 is 2.18 bits per heavy atom. The third kappa shape index (κ3) is 4.68. The van der Waals surface area contributed by atoms with Crippen molar-refractivity contribution < 1.29 is 13.6 Å². The van der Waals surface area contributed by atoms with E-state index in [4.69, 9.17) is 0 Å². The summed E-state index contributed by atoms with van der Waals surface area (Å²) in [6.45, 7) is 5.54. The summed E-state index contributed by atoms with van der Waals surface area (Å²) in [6, 6.07) is 13.9. The molecular formula is C21H20F2N4O. The van der Waals surface area contributed by atoms with Crippen molar-refractivity contribution in [3.8, 4) is 11.4 Å². The highest BCUT2D eigenvalue weighted by atomic mass is 19.1. The van der Waals surface area contributed by atoms with Gasteiger partial charge in [0.25, 0.3) is 5.91 Å². The topological polar surface area (TPSA) is 66.9 Å². The lowest BCUT2D eigenvalue weighted by Gasteiger charge is -2.20. The molecule has 0 radical (unpaired) electrons. The van der Waals surface area contributed by atoms with Crippen LogP contribution in [0.4, 0.5) is 20.3 Å². The van der Waals surface area contributed by atoms with Crippen LogP contribution in [0.5, 0.6) is 0 Å². The van der Waals surface area contributed by atoms with E-state index in [1.165, 1.54) is 12.1 Å². The Morgan fingerprint density at radius 2 is 1.57 bits per heavy atom. The Morgan fingerprint density at radius 1 is 0.929 bits per heavy atom. The summed E-state index contributed by atoms with van der Waals surface area (Å²) in [7, 11) is 0. The minimum absolute atomic E-state index is 0.0861. The number of para-hydroxylation sites is 1. The first-order chi connectivity index (χ1) is 13.2. The zero-order valence-electron chi connectivity index (χ0n) is 15.8. The molecular weight excluding hydrogens is 362 g/mol. The molecule has 2 N–H and O–H groups in total. The first-order valence-corrected chi connectivity index (χ1v) is 8.71. The van der Waals surface area contributed by atoms with Crippen LogP contribution in [-0.4, -0.2) is 21.4 Å². The second-order valence-electron chi connectivity index (χ2n) is 7.25. The first kappa shape index (κ1) is 19.4. The largest absolute Gasteiger partial charge is 0.346 e. The zero-order valence-corrected chi connectivity index (χ0v) is 15.8. The van der Waals surface area contributed by atoms with Crippen molar-refractivity contribution in [2.75, 3.05) is 5.32 Å². The summed E-state index contributed by atoms with van der Waals surface area (Å²) in [6.07, 6.45) is 0. The van der Waals surface area contributed by atoms with E-state index >= 15 is 0 Å². The van der Waals surface area contributed by atoms with Crippen molar-refractivity contribution in [3.05, 3.63) is 71.9 Å². The van der Waals surface area contributed by atoms with Gasteiger partial charge in [-0.05, 0) is 32.9 Å². The molecule has 7 heteroatoms. The van der Waals surface area contributed by atoms with Gasteiger partial charge in [0.2, 0.25) is 0 Å². The molecule has 1 amide bonds. The number of carbonyl (C=O) groups is 1. The van der Waals surface area contributed by atoms with Crippen LogP contribution < -0.4 is 10.6 Å². The van der Waals surface area contributed by atoms with E-state index in [-0.39, 0.29) is 23.0 Å². The van der Waals surface area contributed by atoms with E-state index in [9.17, 15) is 13.6 Å². The Bertz CT molecular complexity index is 981. The third-order valence-electron chi connectivity index (χ3n) is 3.70. The number of carbonyl (C=O) groups excluding carboxylic acids is 1. The van der Waals surface area contributed by atoms with E-state index < -0.39 is 23.1 Å². The van der Waals surface area contributed by atoms with E-state index in [0.29, 0.717) is 5.56 Å². The van der Waals surface area contributed by atoms with Crippen LogP contribution in [-0.2, 0) is 0 Å². The van der Waals surface area contributed by atoms with Gasteiger partial charge >= 0.3 is 0 Å². The van der Waals surface area contributed by atoms with Gasteiger partial charge in [-0.25, -0.2) is 18.7 Å². The molecule has 2 aromatic carbocycles. The molecule has 28 heavy (non-hydrogen) atoms. The first-order valence-electron chi connectivity index (χ1n) is 8.71. The number of amides is 1. The number of nitrogens with zero attached hydrogens (tertiary/aromatic N) is 2. The quantitative estimate of drug-likeness (QED) is 0.687. The maximum Gasteiger partial charge on any atom is 0.270 e. The average Bonchev–Trinajstić information content (AvgIpc) is 2.64. The van der Waals surface area contributed by atoms with Gasteiger partial charge in [-0.3, -0.25) is 4.79 Å². The van der Waals surface area contributed by atoms with Crippen LogP contribution in [0.3, 0.4) is 0 Å². The van der Waals surface area contributed by atoms with Gasteiger partial charge in [-0.1, -0.05) is 36.4 Å². The molecule has 0 aliphatic carbocycles. The molecule has 0 spiro atoms. The molecule has 5 nitrogen and oxygen atoms in total. The fourth-order valence-corrected chi connectivity index (χ4v) is 2.49. The van der Waals surface area contributed by atoms with Crippen molar-refractivity contribution in [3.63, 3.8) is 0 Å². The van der Waals surface area contributed by atoms with Gasteiger partial charge in [0.1, 0.15) is 28.8 Å². The van der Waals surface area contributed by atoms with Crippen LogP contribution in [0.1, 0.15) is 31.3 Å². The molecule has 0 bridgehead atoms. The van der Waals surface area contributed by atoms with E-state index in [2.05, 4.69) is 20.6 Å². The lowest BCUT2D eigenvalue weighted by molar-refractivity contribution is 0.0914. The van der Waals surface area contributed by atoms with Gasteiger partial charge in [0.05, 0.1) is 0 Å². The summed E-state index contributed by atoms with van der Waals surface area (Å²) in [4.78, 5) is 21.3. The monoisotopic (exact) mass is 382 g/mol. The Balaban J connectivity index is 2.06. The molecule has 3 rings (SSSR count). The molecule has 0 saturated carbocycles. The molecule has 0 aliphatic heterocycles. The minimum Gasteiger partial charge on any atom is -0.346 e. The number of nitrogens with one attached hydrogen (secondary N) is 2. The van der Waals surface area contributed by atoms with Crippen molar-refractivity contribution in [1.29, 1.82) is 0 Å². The van der Waals surface area contributed by atoms with Crippen molar-refractivity contribution in [2.45, 2.75) is 26.3 Å². The highest BCUT2D eigenvalue weighted by Gasteiger charge is 2.19. The Hall–Kier alpha value is -3.35. The molecule has 0 unspecified atom stereocenters. The number of hydrogen-bond acceptors (Lipinski definition) is 4. The van der Waals surface area contributed by atoms with Gasteiger partial charge in [-0.15, -0.1) is 0 Å². The van der Waals surface area contributed by atoms with Gasteiger partial charge in [-0.2, -0.15) is 0 Å². The predicted octanol–water partition coefficient (Wildman–Crippen LogP) is 4.69. The molecule has 3 aromatic rings. The number of rotatable bonds is 4. The second-order valence-corrected chi connectivity index (χ2v) is 7.25. The maximum absolute atomic E-state index is 14.0. The predicted molar refractivity (Wildman–Crippen MR) is 104 cm³/mol. The summed E-state index contributed by atoms with van der Waals surface area (Å²) in [5.41, 5.74) is -0.0597. The van der Waals surface area contributed by atoms with Crippen LogP contribution in [0.15, 0.2) is 54.6 Å². The summed E-state index contributed by atoms with van der Waals surface area (Å²) < 4.78 is 28.0. The minimum atomic E-state index is -0.763. The standard InChI is InChI=1S/C21H20F2N4O/c1-21(2,3)27-20(28)16-12-17(25-18-14(22)10-7-11-15(18)23)26-19(24-16)13-8-5-4-6-9-13/h4-12H,1-3H3,(H,27,28)(H,24,25,26). The molecule has 0 saturated heterocycles. The van der Waals surface area contributed by atoms with Crippen molar-refractivity contribution in [2.24, 2.45) is 0 Å². The van der Waals surface area contributed by atoms with E-state index in [0.717, 1.165) is 12.1 Å². The molecule has 0 atom stereocenters. The van der Waals surface area contributed by atoms with Crippen LogP contribution >= 0.6 is 0 Å². The molecule has 0 fully saturated rings. The van der Waals surface area contributed by atoms with Gasteiger partial charge in [0, 0.05) is 17.2 Å². The van der Waals surface area contributed by atoms with Gasteiger partial charge in [0.15, 0.2) is 5.82 Å². The third-order valence-corrected chi connectivity index (χ3v) is 3.70. The average molecular weight is 382 g/mol. The highest BCUT2D eigenvalue weighted by molar-refractivity contribution is 5.94. The normalized spacial score (nSPS) is 11.2. The smallest absolute Gasteiger partial charge is 0.270 e. The Labute approximate surface area is 161 Å². The SMILES string of the molecule is CC(C)(C)NC(=O)c1cc(Nc2c(F)cccc2F)nc(-c2ccccc2)n1. The van der Waals surface area contributed by atoms with Crippen LogP contribution in [0.25, 0.3) is 11.4 Å². The molecule has 0 aliphatic rings.